The number of nitrogens with two attached hydrogens (primary N) is 2. The molecule has 2 aliphatic heterocycles. The third kappa shape index (κ3) is 3.02. The van der Waals surface area contributed by atoms with E-state index in [4.69, 9.17) is 16.2 Å². The number of nitrogens with zero attached hydrogens (tertiary/aromatic N) is 2. The number of benzene rings is 1. The number of fused-ring (bicyclic) bond motifs is 1. The zero-order valence-electron chi connectivity index (χ0n) is 15.5. The van der Waals surface area contributed by atoms with Crippen LogP contribution in [0.15, 0.2) is 48.2 Å². The highest BCUT2D eigenvalue weighted by Gasteiger charge is 2.66. The van der Waals surface area contributed by atoms with E-state index in [9.17, 15) is 24.0 Å². The van der Waals surface area contributed by atoms with Gasteiger partial charge in [-0.15, -0.1) is 0 Å². The first-order valence-corrected chi connectivity index (χ1v) is 8.88. The Bertz CT molecular complexity index is 966. The fraction of sp³-hybridized carbons (Fsp3) is 0.300. The van der Waals surface area contributed by atoms with Gasteiger partial charge in [-0.2, -0.15) is 5.26 Å². The van der Waals surface area contributed by atoms with Gasteiger partial charge in [0.2, 0.25) is 11.8 Å². The summed E-state index contributed by atoms with van der Waals surface area (Å²) in [5.74, 6) is -3.98. The van der Waals surface area contributed by atoms with Crippen LogP contribution in [0.3, 0.4) is 0 Å². The van der Waals surface area contributed by atoms with Gasteiger partial charge in [-0.1, -0.05) is 18.2 Å². The van der Waals surface area contributed by atoms with Crippen LogP contribution in [0.4, 0.5) is 4.39 Å². The van der Waals surface area contributed by atoms with Crippen LogP contribution in [0, 0.1) is 22.6 Å². The molecule has 0 aliphatic carbocycles. The Morgan fingerprint density at radius 1 is 1.28 bits per heavy atom. The van der Waals surface area contributed by atoms with Crippen molar-refractivity contribution in [1.82, 2.24) is 4.90 Å². The van der Waals surface area contributed by atoms with Crippen LogP contribution in [0.2, 0.25) is 0 Å². The molecule has 4 atom stereocenters. The predicted molar refractivity (Wildman–Crippen MR) is 98.8 cm³/mol. The molecule has 0 radical (unpaired) electrons. The lowest BCUT2D eigenvalue weighted by molar-refractivity contribution is -0.153. The van der Waals surface area contributed by atoms with Crippen LogP contribution < -0.4 is 11.5 Å². The number of hydrogen-bond donors (Lipinski definition) is 2. The second-order valence-electron chi connectivity index (χ2n) is 6.78. The molecule has 0 unspecified atom stereocenters. The molecule has 3 rings (SSSR count). The summed E-state index contributed by atoms with van der Waals surface area (Å²) in [4.78, 5) is 38.5. The van der Waals surface area contributed by atoms with Crippen molar-refractivity contribution in [2.24, 2.45) is 16.9 Å². The van der Waals surface area contributed by atoms with Crippen LogP contribution >= 0.6 is 0 Å². The van der Waals surface area contributed by atoms with Gasteiger partial charge in [0, 0.05) is 12.1 Å². The van der Waals surface area contributed by atoms with E-state index < -0.39 is 47.0 Å². The number of halogens is 1. The van der Waals surface area contributed by atoms with Crippen molar-refractivity contribution < 1.29 is 23.5 Å². The van der Waals surface area contributed by atoms with Crippen molar-refractivity contribution in [3.8, 4) is 6.07 Å². The molecule has 1 fully saturated rings. The molecule has 4 N–H and O–H groups in total. The van der Waals surface area contributed by atoms with E-state index in [-0.39, 0.29) is 12.2 Å². The molecule has 29 heavy (non-hydrogen) atoms. The summed E-state index contributed by atoms with van der Waals surface area (Å²) in [5, 5.41) is 10.2. The van der Waals surface area contributed by atoms with Crippen molar-refractivity contribution in [2.45, 2.75) is 24.9 Å². The molecular formula is C20H19FN4O4. The maximum absolute atomic E-state index is 13.5. The van der Waals surface area contributed by atoms with Gasteiger partial charge in [0.05, 0.1) is 24.3 Å². The van der Waals surface area contributed by atoms with Crippen molar-refractivity contribution >= 4 is 17.8 Å². The van der Waals surface area contributed by atoms with Crippen LogP contribution in [0.5, 0.6) is 0 Å². The molecule has 1 aromatic rings. The maximum atomic E-state index is 13.5. The molecule has 0 aromatic heterocycles. The first kappa shape index (κ1) is 20.1. The molecule has 2 amide bonds. The monoisotopic (exact) mass is 398 g/mol. The third-order valence-electron chi connectivity index (χ3n) is 5.26. The van der Waals surface area contributed by atoms with Crippen LogP contribution in [-0.2, 0) is 19.1 Å². The van der Waals surface area contributed by atoms with E-state index in [0.29, 0.717) is 5.56 Å². The summed E-state index contributed by atoms with van der Waals surface area (Å²) < 4.78 is 18.7. The lowest BCUT2D eigenvalue weighted by Gasteiger charge is -2.32. The van der Waals surface area contributed by atoms with E-state index in [1.54, 1.807) is 6.92 Å². The average molecular weight is 398 g/mol. The number of amides is 2. The molecule has 2 heterocycles. The second-order valence-corrected chi connectivity index (χ2v) is 6.78. The lowest BCUT2D eigenvalue weighted by atomic mass is 9.68. The minimum atomic E-state index is -1.86. The highest BCUT2D eigenvalue weighted by molar-refractivity contribution is 5.96. The van der Waals surface area contributed by atoms with E-state index in [0.717, 1.165) is 0 Å². The highest BCUT2D eigenvalue weighted by atomic mass is 19.1. The number of hydrogen-bond acceptors (Lipinski definition) is 6. The summed E-state index contributed by atoms with van der Waals surface area (Å²) in [6.45, 7) is 1.61. The minimum Gasteiger partial charge on any atom is -0.465 e. The van der Waals surface area contributed by atoms with Gasteiger partial charge in [-0.25, -0.2) is 4.39 Å². The van der Waals surface area contributed by atoms with E-state index in [1.807, 2.05) is 6.07 Å². The molecule has 0 spiro atoms. The molecule has 8 nitrogen and oxygen atoms in total. The Morgan fingerprint density at radius 3 is 2.45 bits per heavy atom. The van der Waals surface area contributed by atoms with Crippen molar-refractivity contribution in [3.63, 3.8) is 0 Å². The zero-order valence-corrected chi connectivity index (χ0v) is 15.5. The van der Waals surface area contributed by atoms with Gasteiger partial charge in [0.25, 0.3) is 0 Å². The molecule has 0 saturated carbocycles. The molecule has 0 bridgehead atoms. The number of carbonyl (C=O) groups is 3. The number of nitriles is 1. The average Bonchev–Trinajstić information content (AvgIpc) is 2.99. The Morgan fingerprint density at radius 2 is 1.93 bits per heavy atom. The van der Waals surface area contributed by atoms with Gasteiger partial charge in [-0.3, -0.25) is 14.4 Å². The Hall–Kier alpha value is -3.67. The standard InChI is InChI=1S/C20H19FN4O4/c1-2-29-19(28)20(10-22)14-8-5-12(17(23)26)9-25(14)16(18(24)27)15(20)11-3-6-13(21)7-4-11/h3-9,14-16H,2H2,1H3,(H2,23,26)(H2,24,27)/t14-,15-,16+,20-/m0/s1. The second kappa shape index (κ2) is 7.39. The number of carbonyl (C=O) groups excluding carboxylic acids is 3. The summed E-state index contributed by atoms with van der Waals surface area (Å²) in [7, 11) is 0. The fourth-order valence-electron chi connectivity index (χ4n) is 4.08. The van der Waals surface area contributed by atoms with Gasteiger partial charge < -0.3 is 21.1 Å². The van der Waals surface area contributed by atoms with Gasteiger partial charge in [0.1, 0.15) is 11.9 Å². The normalized spacial score (nSPS) is 27.6. The highest BCUT2D eigenvalue weighted by Crippen LogP contribution is 2.53. The topological polar surface area (TPSA) is 140 Å². The smallest absolute Gasteiger partial charge is 0.329 e. The number of esters is 1. The maximum Gasteiger partial charge on any atom is 0.329 e. The number of rotatable bonds is 5. The lowest BCUT2D eigenvalue weighted by Crippen LogP contribution is -2.45. The molecule has 1 saturated heterocycles. The zero-order chi connectivity index (χ0) is 21.3. The Kier molecular flexibility index (Phi) is 5.12. The SMILES string of the molecule is CCOC(=O)[C@@]1(C#N)[C@@H]2C=CC(C(N)=O)=CN2[C@@H](C(N)=O)[C@@H]1c1ccc(F)cc1. The first-order valence-electron chi connectivity index (χ1n) is 8.88. The summed E-state index contributed by atoms with van der Waals surface area (Å²) in [6.07, 6.45) is 4.16. The fourth-order valence-corrected chi connectivity index (χ4v) is 4.08. The van der Waals surface area contributed by atoms with E-state index in [1.165, 1.54) is 47.5 Å². The Balaban J connectivity index is 2.28. The van der Waals surface area contributed by atoms with Crippen molar-refractivity contribution in [3.05, 3.63) is 59.6 Å². The van der Waals surface area contributed by atoms with Crippen LogP contribution in [0.1, 0.15) is 18.4 Å². The van der Waals surface area contributed by atoms with E-state index in [2.05, 4.69) is 0 Å². The van der Waals surface area contributed by atoms with Crippen LogP contribution in [0.25, 0.3) is 0 Å². The van der Waals surface area contributed by atoms with Crippen molar-refractivity contribution in [2.75, 3.05) is 6.61 Å². The number of primary amides is 2. The molecule has 2 aliphatic rings. The predicted octanol–water partition coefficient (Wildman–Crippen LogP) is 0.459. The van der Waals surface area contributed by atoms with Gasteiger partial charge in [0.15, 0.2) is 5.41 Å². The minimum absolute atomic E-state index is 0.0123. The summed E-state index contributed by atoms with van der Waals surface area (Å²) >= 11 is 0. The summed E-state index contributed by atoms with van der Waals surface area (Å²) in [5.41, 5.74) is 9.58. The first-order chi connectivity index (χ1) is 13.8. The molecule has 150 valence electrons. The molecule has 1 aromatic carbocycles. The third-order valence-corrected chi connectivity index (χ3v) is 5.26. The van der Waals surface area contributed by atoms with Gasteiger partial charge >= 0.3 is 5.97 Å². The quantitative estimate of drug-likeness (QED) is 0.691. The van der Waals surface area contributed by atoms with Crippen LogP contribution in [-0.4, -0.2) is 41.4 Å². The Labute approximate surface area is 166 Å². The molecular weight excluding hydrogens is 379 g/mol. The van der Waals surface area contributed by atoms with Crippen molar-refractivity contribution in [1.29, 1.82) is 5.26 Å². The number of ether oxygens (including phenoxy) is 1. The molecule has 9 heteroatoms. The largest absolute Gasteiger partial charge is 0.465 e. The van der Waals surface area contributed by atoms with E-state index >= 15 is 0 Å². The van der Waals surface area contributed by atoms with Gasteiger partial charge in [-0.05, 0) is 30.7 Å². The summed E-state index contributed by atoms with van der Waals surface area (Å²) in [6, 6.07) is 5.04.